The number of aromatic nitrogens is 3. The Hall–Kier alpha value is -2.99. The minimum atomic E-state index is 0.175. The highest BCUT2D eigenvalue weighted by Crippen LogP contribution is 2.29. The van der Waals surface area contributed by atoms with Gasteiger partial charge in [-0.3, -0.25) is 0 Å². The summed E-state index contributed by atoms with van der Waals surface area (Å²) in [6.45, 7) is 6.20. The van der Waals surface area contributed by atoms with Crippen molar-refractivity contribution in [2.45, 2.75) is 38.4 Å². The van der Waals surface area contributed by atoms with Crippen LogP contribution in [0.25, 0.3) is 11.3 Å². The fraction of sp³-hybridized carbons (Fsp3) is 0.348. The Morgan fingerprint density at radius 1 is 1.14 bits per heavy atom. The number of benzene rings is 1. The molecule has 2 aromatic heterocycles. The van der Waals surface area contributed by atoms with Gasteiger partial charge < -0.3 is 15.5 Å². The zero-order valence-corrected chi connectivity index (χ0v) is 16.8. The second kappa shape index (κ2) is 7.44. The van der Waals surface area contributed by atoms with E-state index in [1.54, 1.807) is 0 Å². The molecule has 6 heteroatoms. The largest absolute Gasteiger partial charge is 0.364 e. The third kappa shape index (κ3) is 3.68. The maximum atomic E-state index is 4.91. The van der Waals surface area contributed by atoms with Crippen molar-refractivity contribution in [1.82, 2.24) is 20.3 Å². The molecule has 0 saturated carbocycles. The van der Waals surface area contributed by atoms with Gasteiger partial charge in [-0.1, -0.05) is 30.3 Å². The molecule has 5 rings (SSSR count). The lowest BCUT2D eigenvalue weighted by Crippen LogP contribution is -2.44. The van der Waals surface area contributed by atoms with Gasteiger partial charge in [-0.05, 0) is 44.0 Å². The van der Waals surface area contributed by atoms with E-state index in [0.717, 1.165) is 41.8 Å². The number of rotatable bonds is 5. The molecule has 2 saturated heterocycles. The van der Waals surface area contributed by atoms with Gasteiger partial charge in [-0.25, -0.2) is 15.0 Å². The van der Waals surface area contributed by atoms with Crippen molar-refractivity contribution < 1.29 is 0 Å². The van der Waals surface area contributed by atoms with E-state index >= 15 is 0 Å². The zero-order valence-electron chi connectivity index (χ0n) is 16.8. The predicted octanol–water partition coefficient (Wildman–Crippen LogP) is 3.57. The summed E-state index contributed by atoms with van der Waals surface area (Å²) in [4.78, 5) is 16.5. The van der Waals surface area contributed by atoms with Crippen molar-refractivity contribution in [3.8, 4) is 11.3 Å². The van der Waals surface area contributed by atoms with Crippen molar-refractivity contribution >= 4 is 11.8 Å². The number of anilines is 2. The quantitative estimate of drug-likeness (QED) is 0.699. The van der Waals surface area contributed by atoms with Crippen LogP contribution in [0.4, 0.5) is 11.8 Å². The highest BCUT2D eigenvalue weighted by atomic mass is 15.3. The van der Waals surface area contributed by atoms with Crippen LogP contribution in [0, 0.1) is 6.92 Å². The van der Waals surface area contributed by atoms with E-state index in [1.807, 2.05) is 25.3 Å². The van der Waals surface area contributed by atoms with E-state index in [0.29, 0.717) is 12.1 Å². The maximum absolute atomic E-state index is 4.91. The summed E-state index contributed by atoms with van der Waals surface area (Å²) in [6.07, 6.45) is 3.03. The number of hydrogen-bond acceptors (Lipinski definition) is 6. The van der Waals surface area contributed by atoms with Crippen LogP contribution in [0.15, 0.2) is 54.7 Å². The molecule has 2 aliphatic heterocycles. The number of pyridine rings is 1. The SMILES string of the molecule is Cc1cc(-c2ccnc(NC(C)c3ccccc3)c2)nc(N2CC3CC2CN3)n1. The molecule has 148 valence electrons. The molecular weight excluding hydrogens is 360 g/mol. The molecule has 0 aliphatic carbocycles. The molecule has 2 fully saturated rings. The normalized spacial score (nSPS) is 21.4. The maximum Gasteiger partial charge on any atom is 0.226 e. The van der Waals surface area contributed by atoms with Gasteiger partial charge >= 0.3 is 0 Å². The lowest BCUT2D eigenvalue weighted by molar-refractivity contribution is 0.571. The average molecular weight is 387 g/mol. The van der Waals surface area contributed by atoms with Gasteiger partial charge in [0.15, 0.2) is 0 Å². The van der Waals surface area contributed by atoms with Crippen molar-refractivity contribution in [3.05, 3.63) is 66.0 Å². The van der Waals surface area contributed by atoms with Crippen molar-refractivity contribution in [2.24, 2.45) is 0 Å². The van der Waals surface area contributed by atoms with Gasteiger partial charge in [-0.15, -0.1) is 0 Å². The zero-order chi connectivity index (χ0) is 19.8. The van der Waals surface area contributed by atoms with Crippen LogP contribution in [0.2, 0.25) is 0 Å². The van der Waals surface area contributed by atoms with Gasteiger partial charge in [0, 0.05) is 48.7 Å². The Morgan fingerprint density at radius 3 is 2.76 bits per heavy atom. The summed E-state index contributed by atoms with van der Waals surface area (Å²) >= 11 is 0. The Labute approximate surface area is 171 Å². The molecule has 0 radical (unpaired) electrons. The van der Waals surface area contributed by atoms with Crippen LogP contribution in [-0.2, 0) is 0 Å². The number of nitrogens with one attached hydrogen (secondary N) is 2. The minimum absolute atomic E-state index is 0.175. The van der Waals surface area contributed by atoms with Crippen LogP contribution in [-0.4, -0.2) is 40.1 Å². The Bertz CT molecular complexity index is 1010. The number of fused-ring (bicyclic) bond motifs is 2. The molecule has 4 heterocycles. The molecule has 6 nitrogen and oxygen atoms in total. The lowest BCUT2D eigenvalue weighted by Gasteiger charge is -2.27. The molecule has 3 aromatic rings. The van der Waals surface area contributed by atoms with Gasteiger partial charge in [0.05, 0.1) is 5.69 Å². The fourth-order valence-corrected chi connectivity index (χ4v) is 4.35. The Morgan fingerprint density at radius 2 is 2.00 bits per heavy atom. The van der Waals surface area contributed by atoms with Crippen molar-refractivity contribution in [1.29, 1.82) is 0 Å². The molecule has 0 spiro atoms. The summed E-state index contributed by atoms with van der Waals surface area (Å²) in [5.41, 5.74) is 4.22. The summed E-state index contributed by atoms with van der Waals surface area (Å²) < 4.78 is 0. The third-order valence-electron chi connectivity index (χ3n) is 5.88. The summed E-state index contributed by atoms with van der Waals surface area (Å²) in [5, 5.41) is 7.04. The molecule has 3 atom stereocenters. The van der Waals surface area contributed by atoms with E-state index in [1.165, 1.54) is 12.0 Å². The smallest absolute Gasteiger partial charge is 0.226 e. The Balaban J connectivity index is 1.40. The van der Waals surface area contributed by atoms with Crippen LogP contribution in [0.5, 0.6) is 0 Å². The van der Waals surface area contributed by atoms with E-state index < -0.39 is 0 Å². The number of piperazine rings is 1. The third-order valence-corrected chi connectivity index (χ3v) is 5.88. The highest BCUT2D eigenvalue weighted by molar-refractivity contribution is 5.64. The van der Waals surface area contributed by atoms with Crippen molar-refractivity contribution in [2.75, 3.05) is 23.3 Å². The second-order valence-electron chi connectivity index (χ2n) is 8.05. The number of aryl methyl sites for hydroxylation is 1. The summed E-state index contributed by atoms with van der Waals surface area (Å²) in [6, 6.07) is 17.8. The van der Waals surface area contributed by atoms with Crippen LogP contribution in [0.1, 0.15) is 30.6 Å². The summed E-state index contributed by atoms with van der Waals surface area (Å²) in [5.74, 6) is 1.69. The van der Waals surface area contributed by atoms with Crippen LogP contribution in [0.3, 0.4) is 0 Å². The van der Waals surface area contributed by atoms with E-state index in [-0.39, 0.29) is 6.04 Å². The first kappa shape index (κ1) is 18.1. The number of nitrogens with zero attached hydrogens (tertiary/aromatic N) is 4. The molecule has 2 N–H and O–H groups in total. The first-order valence-corrected chi connectivity index (χ1v) is 10.3. The standard InChI is InChI=1S/C23H26N6/c1-15-10-21(28-23(26-15)29-14-19-12-20(29)13-25-19)18-8-9-24-22(11-18)27-16(2)17-6-4-3-5-7-17/h3-11,16,19-20,25H,12-14H2,1-2H3,(H,24,27). The minimum Gasteiger partial charge on any atom is -0.364 e. The van der Waals surface area contributed by atoms with Crippen LogP contribution >= 0.6 is 0 Å². The molecule has 29 heavy (non-hydrogen) atoms. The van der Waals surface area contributed by atoms with E-state index in [9.17, 15) is 0 Å². The first-order valence-electron chi connectivity index (χ1n) is 10.3. The number of hydrogen-bond donors (Lipinski definition) is 2. The van der Waals surface area contributed by atoms with Gasteiger partial charge in [0.1, 0.15) is 5.82 Å². The molecule has 1 aromatic carbocycles. The monoisotopic (exact) mass is 386 g/mol. The molecule has 2 aliphatic rings. The molecule has 0 amide bonds. The fourth-order valence-electron chi connectivity index (χ4n) is 4.35. The highest BCUT2D eigenvalue weighted by Gasteiger charge is 2.39. The Kier molecular flexibility index (Phi) is 4.64. The summed E-state index contributed by atoms with van der Waals surface area (Å²) in [7, 11) is 0. The topological polar surface area (TPSA) is 66.0 Å². The molecular formula is C23H26N6. The van der Waals surface area contributed by atoms with E-state index in [2.05, 4.69) is 63.8 Å². The van der Waals surface area contributed by atoms with Gasteiger partial charge in [-0.2, -0.15) is 0 Å². The van der Waals surface area contributed by atoms with E-state index in [4.69, 9.17) is 9.97 Å². The average Bonchev–Trinajstić information content (AvgIpc) is 3.38. The van der Waals surface area contributed by atoms with Crippen LogP contribution < -0.4 is 15.5 Å². The second-order valence-corrected chi connectivity index (χ2v) is 8.05. The van der Waals surface area contributed by atoms with Gasteiger partial charge in [0.25, 0.3) is 0 Å². The van der Waals surface area contributed by atoms with Gasteiger partial charge in [0.2, 0.25) is 5.95 Å². The predicted molar refractivity (Wildman–Crippen MR) is 116 cm³/mol. The molecule has 3 unspecified atom stereocenters. The molecule has 2 bridgehead atoms. The lowest BCUT2D eigenvalue weighted by atomic mass is 10.1. The first-order chi connectivity index (χ1) is 14.2. The van der Waals surface area contributed by atoms with Crippen molar-refractivity contribution in [3.63, 3.8) is 0 Å².